The van der Waals surface area contributed by atoms with Crippen molar-refractivity contribution in [2.75, 3.05) is 38.2 Å². The topological polar surface area (TPSA) is 91.5 Å². The maximum Gasteiger partial charge on any atom is 0.320 e. The third-order valence-electron chi connectivity index (χ3n) is 4.79. The number of aliphatic carboxylic acids is 1. The lowest BCUT2D eigenvalue weighted by Gasteiger charge is -2.22. The van der Waals surface area contributed by atoms with Gasteiger partial charge in [0.2, 0.25) is 0 Å². The number of nitrogens with one attached hydrogen (secondary N) is 1. The fourth-order valence-electron chi connectivity index (χ4n) is 3.21. The van der Waals surface area contributed by atoms with Gasteiger partial charge in [0, 0.05) is 25.3 Å². The standard InChI is InChI=1S/C19H31FN4O2/c20-10-4-13-24(14-9-17(21)19(25)26)12-2-1-6-16-8-7-15-5-3-11-22-18(15)23-16/h7-8,17H,1-6,9-14,21H2,(H,22,23)(H,25,26)/t17-/m1/s1. The molecule has 0 aromatic carbocycles. The van der Waals surface area contributed by atoms with Crippen LogP contribution in [-0.2, 0) is 17.6 Å². The number of nitrogens with two attached hydrogens (primary N) is 1. The number of aryl methyl sites for hydroxylation is 2. The van der Waals surface area contributed by atoms with Crippen molar-refractivity contribution in [3.63, 3.8) is 0 Å². The summed E-state index contributed by atoms with van der Waals surface area (Å²) in [6.45, 7) is 2.70. The molecule has 1 aromatic heterocycles. The van der Waals surface area contributed by atoms with Gasteiger partial charge in [0.15, 0.2) is 0 Å². The number of hydrogen-bond acceptors (Lipinski definition) is 5. The molecule has 0 saturated carbocycles. The highest BCUT2D eigenvalue weighted by atomic mass is 19.1. The Labute approximate surface area is 155 Å². The van der Waals surface area contributed by atoms with Crippen molar-refractivity contribution in [2.45, 2.75) is 51.0 Å². The van der Waals surface area contributed by atoms with Gasteiger partial charge in [-0.1, -0.05) is 6.07 Å². The van der Waals surface area contributed by atoms with E-state index in [4.69, 9.17) is 15.8 Å². The minimum absolute atomic E-state index is 0.354. The summed E-state index contributed by atoms with van der Waals surface area (Å²) in [5.41, 5.74) is 7.96. The van der Waals surface area contributed by atoms with Gasteiger partial charge in [-0.05, 0) is 63.1 Å². The first-order valence-corrected chi connectivity index (χ1v) is 9.59. The van der Waals surface area contributed by atoms with Crippen molar-refractivity contribution in [3.05, 3.63) is 23.4 Å². The van der Waals surface area contributed by atoms with Gasteiger partial charge in [-0.25, -0.2) is 4.98 Å². The average Bonchev–Trinajstić information content (AvgIpc) is 2.66. The predicted molar refractivity (Wildman–Crippen MR) is 101 cm³/mol. The van der Waals surface area contributed by atoms with E-state index in [0.717, 1.165) is 56.7 Å². The highest BCUT2D eigenvalue weighted by Crippen LogP contribution is 2.20. The molecule has 7 heteroatoms. The Morgan fingerprint density at radius 3 is 2.88 bits per heavy atom. The monoisotopic (exact) mass is 366 g/mol. The van der Waals surface area contributed by atoms with Crippen molar-refractivity contribution >= 4 is 11.8 Å². The van der Waals surface area contributed by atoms with E-state index >= 15 is 0 Å². The molecule has 1 atom stereocenters. The third-order valence-corrected chi connectivity index (χ3v) is 4.79. The molecule has 1 aliphatic heterocycles. The second-order valence-electron chi connectivity index (χ2n) is 6.92. The number of anilines is 1. The van der Waals surface area contributed by atoms with Crippen LogP contribution in [0.1, 0.15) is 43.4 Å². The van der Waals surface area contributed by atoms with Gasteiger partial charge >= 0.3 is 5.97 Å². The quantitative estimate of drug-likeness (QED) is 0.491. The first-order chi connectivity index (χ1) is 12.6. The third kappa shape index (κ3) is 6.88. The Bertz CT molecular complexity index is 570. The van der Waals surface area contributed by atoms with Gasteiger partial charge in [-0.3, -0.25) is 9.18 Å². The minimum atomic E-state index is -0.984. The normalized spacial score (nSPS) is 14.7. The van der Waals surface area contributed by atoms with Crippen LogP contribution in [0.15, 0.2) is 12.1 Å². The summed E-state index contributed by atoms with van der Waals surface area (Å²) in [6.07, 6.45) is 6.01. The van der Waals surface area contributed by atoms with Crippen LogP contribution in [0.3, 0.4) is 0 Å². The van der Waals surface area contributed by atoms with Crippen LogP contribution in [0.2, 0.25) is 0 Å². The molecule has 0 bridgehead atoms. The molecule has 1 aromatic rings. The molecule has 26 heavy (non-hydrogen) atoms. The largest absolute Gasteiger partial charge is 0.480 e. The van der Waals surface area contributed by atoms with E-state index in [-0.39, 0.29) is 6.67 Å². The molecule has 0 spiro atoms. The van der Waals surface area contributed by atoms with E-state index in [1.165, 1.54) is 5.56 Å². The van der Waals surface area contributed by atoms with Crippen LogP contribution in [0, 0.1) is 0 Å². The molecule has 2 heterocycles. The maximum absolute atomic E-state index is 12.5. The molecular formula is C19H31FN4O2. The number of halogens is 1. The average molecular weight is 366 g/mol. The van der Waals surface area contributed by atoms with Crippen LogP contribution >= 0.6 is 0 Å². The Morgan fingerprint density at radius 2 is 2.12 bits per heavy atom. The molecule has 146 valence electrons. The molecule has 4 N–H and O–H groups in total. The Hall–Kier alpha value is -1.73. The van der Waals surface area contributed by atoms with Gasteiger partial charge in [-0.15, -0.1) is 0 Å². The van der Waals surface area contributed by atoms with E-state index in [0.29, 0.717) is 25.9 Å². The number of aromatic nitrogens is 1. The van der Waals surface area contributed by atoms with Crippen LogP contribution in [0.25, 0.3) is 0 Å². The second-order valence-corrected chi connectivity index (χ2v) is 6.92. The zero-order valence-electron chi connectivity index (χ0n) is 15.4. The zero-order chi connectivity index (χ0) is 18.8. The number of pyridine rings is 1. The summed E-state index contributed by atoms with van der Waals surface area (Å²) in [4.78, 5) is 17.6. The lowest BCUT2D eigenvalue weighted by Crippen LogP contribution is -2.36. The van der Waals surface area contributed by atoms with E-state index in [2.05, 4.69) is 22.3 Å². The molecule has 1 aliphatic rings. The molecular weight excluding hydrogens is 335 g/mol. The fraction of sp³-hybridized carbons (Fsp3) is 0.684. The Balaban J connectivity index is 1.73. The highest BCUT2D eigenvalue weighted by Gasteiger charge is 2.14. The van der Waals surface area contributed by atoms with E-state index < -0.39 is 12.0 Å². The number of carboxylic acids is 1. The molecule has 0 fully saturated rings. The molecule has 0 unspecified atom stereocenters. The molecule has 6 nitrogen and oxygen atoms in total. The maximum atomic E-state index is 12.5. The Kier molecular flexibility index (Phi) is 8.77. The number of rotatable bonds is 12. The molecule has 0 radical (unpaired) electrons. The minimum Gasteiger partial charge on any atom is -0.480 e. The summed E-state index contributed by atoms with van der Waals surface area (Å²) in [5, 5.41) is 12.2. The van der Waals surface area contributed by atoms with Crippen molar-refractivity contribution in [1.29, 1.82) is 0 Å². The number of carboxylic acid groups (broad SMARTS) is 1. The number of unbranched alkanes of at least 4 members (excludes halogenated alkanes) is 1. The first-order valence-electron chi connectivity index (χ1n) is 9.59. The van der Waals surface area contributed by atoms with Gasteiger partial charge in [0.25, 0.3) is 0 Å². The lowest BCUT2D eigenvalue weighted by molar-refractivity contribution is -0.138. The SMILES string of the molecule is N[C@H](CCN(CCCF)CCCCc1ccc2c(n1)NCCC2)C(=O)O. The lowest BCUT2D eigenvalue weighted by atomic mass is 10.1. The van der Waals surface area contributed by atoms with Gasteiger partial charge in [0.1, 0.15) is 11.9 Å². The smallest absolute Gasteiger partial charge is 0.320 e. The summed E-state index contributed by atoms with van der Waals surface area (Å²) >= 11 is 0. The molecule has 0 aliphatic carbocycles. The molecule has 0 amide bonds. The van der Waals surface area contributed by atoms with Crippen molar-refractivity contribution in [1.82, 2.24) is 9.88 Å². The van der Waals surface area contributed by atoms with Crippen LogP contribution in [0.5, 0.6) is 0 Å². The summed E-state index contributed by atoms with van der Waals surface area (Å²) < 4.78 is 12.5. The first kappa shape index (κ1) is 20.6. The number of alkyl halides is 1. The second kappa shape index (κ2) is 11.1. The van der Waals surface area contributed by atoms with Crippen LogP contribution in [0.4, 0.5) is 10.2 Å². The van der Waals surface area contributed by atoms with Crippen molar-refractivity contribution in [3.8, 4) is 0 Å². The summed E-state index contributed by atoms with van der Waals surface area (Å²) in [5.74, 6) is 0.0449. The number of carbonyl (C=O) groups is 1. The van der Waals surface area contributed by atoms with E-state index in [1.54, 1.807) is 0 Å². The Morgan fingerprint density at radius 1 is 1.31 bits per heavy atom. The summed E-state index contributed by atoms with van der Waals surface area (Å²) in [7, 11) is 0. The summed E-state index contributed by atoms with van der Waals surface area (Å²) in [6, 6.07) is 3.43. The van der Waals surface area contributed by atoms with E-state index in [9.17, 15) is 9.18 Å². The number of nitrogens with zero attached hydrogens (tertiary/aromatic N) is 2. The van der Waals surface area contributed by atoms with Crippen molar-refractivity contribution < 1.29 is 14.3 Å². The van der Waals surface area contributed by atoms with Crippen molar-refractivity contribution in [2.24, 2.45) is 5.73 Å². The highest BCUT2D eigenvalue weighted by molar-refractivity contribution is 5.72. The number of hydrogen-bond donors (Lipinski definition) is 3. The van der Waals surface area contributed by atoms with Crippen LogP contribution in [-0.4, -0.2) is 59.9 Å². The fourth-order valence-corrected chi connectivity index (χ4v) is 3.21. The van der Waals surface area contributed by atoms with Gasteiger partial charge in [0.05, 0.1) is 6.67 Å². The molecule has 2 rings (SSSR count). The zero-order valence-corrected chi connectivity index (χ0v) is 15.4. The predicted octanol–water partition coefficient (Wildman–Crippen LogP) is 2.23. The van der Waals surface area contributed by atoms with Gasteiger partial charge in [-0.2, -0.15) is 0 Å². The number of fused-ring (bicyclic) bond motifs is 1. The van der Waals surface area contributed by atoms with Gasteiger partial charge < -0.3 is 21.1 Å². The van der Waals surface area contributed by atoms with Crippen LogP contribution < -0.4 is 11.1 Å². The van der Waals surface area contributed by atoms with E-state index in [1.807, 2.05) is 0 Å². The molecule has 0 saturated heterocycles.